The lowest BCUT2D eigenvalue weighted by Gasteiger charge is -2.04. The van der Waals surface area contributed by atoms with Crippen LogP contribution in [0.1, 0.15) is 25.9 Å². The van der Waals surface area contributed by atoms with Crippen molar-refractivity contribution >= 4 is 34.8 Å². The Balaban J connectivity index is 2.00. The van der Waals surface area contributed by atoms with E-state index in [-0.39, 0.29) is 22.8 Å². The average Bonchev–Trinajstić information content (AvgIpc) is 2.88. The van der Waals surface area contributed by atoms with Crippen LogP contribution in [0.25, 0.3) is 0 Å². The van der Waals surface area contributed by atoms with Crippen LogP contribution in [0.5, 0.6) is 0 Å². The number of thiazole rings is 1. The Morgan fingerprint density at radius 3 is 2.80 bits per heavy atom. The molecule has 5 nitrogen and oxygen atoms in total. The molecule has 1 heterocycles. The molecule has 0 spiro atoms. The molecule has 0 aliphatic carbocycles. The summed E-state index contributed by atoms with van der Waals surface area (Å²) in [5.74, 6) is -2.17. The number of aromatic nitrogens is 1. The van der Waals surface area contributed by atoms with E-state index in [4.69, 9.17) is 16.7 Å². The van der Waals surface area contributed by atoms with E-state index >= 15 is 0 Å². The Bertz CT molecular complexity index is 674. The number of amides is 1. The fourth-order valence-electron chi connectivity index (χ4n) is 1.39. The van der Waals surface area contributed by atoms with Gasteiger partial charge in [0.25, 0.3) is 5.91 Å². The molecular formula is C12H8ClFN2O3S. The molecule has 8 heteroatoms. The van der Waals surface area contributed by atoms with Crippen LogP contribution in [0.2, 0.25) is 5.02 Å². The second kappa shape index (κ2) is 5.98. The average molecular weight is 315 g/mol. The number of rotatable bonds is 4. The first kappa shape index (κ1) is 14.4. The fraction of sp³-hybridized carbons (Fsp3) is 0.0833. The lowest BCUT2D eigenvalue weighted by molar-refractivity contribution is 0.0691. The highest BCUT2D eigenvalue weighted by Gasteiger charge is 2.11. The second-order valence-electron chi connectivity index (χ2n) is 3.74. The summed E-state index contributed by atoms with van der Waals surface area (Å²) in [5.41, 5.74) is 0.149. The van der Waals surface area contributed by atoms with E-state index in [1.54, 1.807) is 0 Å². The van der Waals surface area contributed by atoms with Gasteiger partial charge in [0.05, 0.1) is 11.6 Å². The first-order chi connectivity index (χ1) is 9.47. The molecule has 0 unspecified atom stereocenters. The van der Waals surface area contributed by atoms with E-state index in [9.17, 15) is 14.0 Å². The Morgan fingerprint density at radius 1 is 1.45 bits per heavy atom. The number of benzene rings is 1. The van der Waals surface area contributed by atoms with E-state index in [1.807, 2.05) is 0 Å². The van der Waals surface area contributed by atoms with Gasteiger partial charge in [-0.25, -0.2) is 14.2 Å². The fourth-order valence-corrected chi connectivity index (χ4v) is 2.27. The molecule has 2 N–H and O–H groups in total. The third-order valence-corrected chi connectivity index (χ3v) is 3.49. The normalized spacial score (nSPS) is 10.3. The number of hydrogen-bond donors (Lipinski definition) is 2. The quantitative estimate of drug-likeness (QED) is 0.909. The topological polar surface area (TPSA) is 79.3 Å². The molecule has 0 saturated heterocycles. The molecule has 0 atom stereocenters. The van der Waals surface area contributed by atoms with E-state index < -0.39 is 17.7 Å². The number of carboxylic acids is 1. The lowest BCUT2D eigenvalue weighted by atomic mass is 10.2. The Labute approximate surface area is 122 Å². The SMILES string of the molecule is O=C(NCc1nc(C(=O)O)cs1)c1ccc(F)c(Cl)c1. The van der Waals surface area contributed by atoms with Crippen LogP contribution in [0.3, 0.4) is 0 Å². The molecule has 0 aliphatic rings. The summed E-state index contributed by atoms with van der Waals surface area (Å²) >= 11 is 6.71. The minimum absolute atomic E-state index is 0.0657. The number of hydrogen-bond acceptors (Lipinski definition) is 4. The molecule has 0 saturated carbocycles. The van der Waals surface area contributed by atoms with Crippen molar-refractivity contribution in [3.05, 3.63) is 50.7 Å². The molecule has 1 amide bonds. The van der Waals surface area contributed by atoms with Crippen LogP contribution in [0.15, 0.2) is 23.6 Å². The van der Waals surface area contributed by atoms with E-state index in [1.165, 1.54) is 17.5 Å². The predicted octanol–water partition coefficient (Wildman–Crippen LogP) is 2.56. The van der Waals surface area contributed by atoms with E-state index in [0.717, 1.165) is 17.4 Å². The standard InChI is InChI=1S/C12H8ClFN2O3S/c13-7-3-6(1-2-8(7)14)11(17)15-4-10-16-9(5-20-10)12(18)19/h1-3,5H,4H2,(H,15,17)(H,18,19). The number of carboxylic acid groups (broad SMARTS) is 1. The molecule has 1 aromatic heterocycles. The smallest absolute Gasteiger partial charge is 0.355 e. The van der Waals surface area contributed by atoms with Crippen molar-refractivity contribution in [2.24, 2.45) is 0 Å². The third-order valence-electron chi connectivity index (χ3n) is 2.35. The lowest BCUT2D eigenvalue weighted by Crippen LogP contribution is -2.22. The first-order valence-electron chi connectivity index (χ1n) is 5.38. The highest BCUT2D eigenvalue weighted by Crippen LogP contribution is 2.16. The van der Waals surface area contributed by atoms with Gasteiger partial charge in [0.2, 0.25) is 0 Å². The minimum atomic E-state index is -1.12. The molecule has 0 aliphatic heterocycles. The summed E-state index contributed by atoms with van der Waals surface area (Å²) in [6.07, 6.45) is 0. The van der Waals surface area contributed by atoms with Crippen LogP contribution in [-0.2, 0) is 6.54 Å². The molecule has 2 rings (SSSR count). The maximum Gasteiger partial charge on any atom is 0.355 e. The summed E-state index contributed by atoms with van der Waals surface area (Å²) in [6.45, 7) is 0.0891. The molecule has 20 heavy (non-hydrogen) atoms. The van der Waals surface area contributed by atoms with Crippen molar-refractivity contribution in [1.82, 2.24) is 10.3 Å². The van der Waals surface area contributed by atoms with Gasteiger partial charge in [-0.05, 0) is 18.2 Å². The monoisotopic (exact) mass is 314 g/mol. The van der Waals surface area contributed by atoms with Gasteiger partial charge in [0.15, 0.2) is 5.69 Å². The highest BCUT2D eigenvalue weighted by atomic mass is 35.5. The number of aromatic carboxylic acids is 1. The maximum atomic E-state index is 13.0. The second-order valence-corrected chi connectivity index (χ2v) is 5.09. The number of carbonyl (C=O) groups is 2. The van der Waals surface area contributed by atoms with Crippen molar-refractivity contribution in [3.8, 4) is 0 Å². The molecule has 2 aromatic rings. The summed E-state index contributed by atoms with van der Waals surface area (Å²) in [6, 6.07) is 3.63. The largest absolute Gasteiger partial charge is 0.476 e. The van der Waals surface area contributed by atoms with Crippen LogP contribution in [0, 0.1) is 5.82 Å². The molecule has 104 valence electrons. The van der Waals surface area contributed by atoms with Gasteiger partial charge in [-0.3, -0.25) is 4.79 Å². The summed E-state index contributed by atoms with van der Waals surface area (Å²) < 4.78 is 13.0. The summed E-state index contributed by atoms with van der Waals surface area (Å²) in [4.78, 5) is 26.3. The zero-order chi connectivity index (χ0) is 14.7. The van der Waals surface area contributed by atoms with Crippen molar-refractivity contribution in [3.63, 3.8) is 0 Å². The van der Waals surface area contributed by atoms with Gasteiger partial charge in [0.1, 0.15) is 10.8 Å². The van der Waals surface area contributed by atoms with Gasteiger partial charge < -0.3 is 10.4 Å². The van der Waals surface area contributed by atoms with Crippen LogP contribution >= 0.6 is 22.9 Å². The first-order valence-corrected chi connectivity index (χ1v) is 6.64. The molecule has 1 aromatic carbocycles. The van der Waals surface area contributed by atoms with Gasteiger partial charge in [-0.15, -0.1) is 11.3 Å². The van der Waals surface area contributed by atoms with Gasteiger partial charge in [-0.1, -0.05) is 11.6 Å². The van der Waals surface area contributed by atoms with Crippen molar-refractivity contribution < 1.29 is 19.1 Å². The number of halogens is 2. The van der Waals surface area contributed by atoms with E-state index in [2.05, 4.69) is 10.3 Å². The Hall–Kier alpha value is -1.99. The molecule has 0 radical (unpaired) electrons. The van der Waals surface area contributed by atoms with Crippen LogP contribution in [-0.4, -0.2) is 22.0 Å². The Kier molecular flexibility index (Phi) is 4.31. The molecule has 0 bridgehead atoms. The van der Waals surface area contributed by atoms with Gasteiger partial charge >= 0.3 is 5.97 Å². The number of nitrogens with zero attached hydrogens (tertiary/aromatic N) is 1. The van der Waals surface area contributed by atoms with Gasteiger partial charge in [0, 0.05) is 10.9 Å². The van der Waals surface area contributed by atoms with Crippen LogP contribution < -0.4 is 5.32 Å². The predicted molar refractivity (Wildman–Crippen MR) is 71.7 cm³/mol. The minimum Gasteiger partial charge on any atom is -0.476 e. The zero-order valence-corrected chi connectivity index (χ0v) is 11.5. The number of carbonyl (C=O) groups excluding carboxylic acids is 1. The molecule has 0 fully saturated rings. The van der Waals surface area contributed by atoms with Crippen molar-refractivity contribution in [1.29, 1.82) is 0 Å². The summed E-state index contributed by atoms with van der Waals surface area (Å²) in [7, 11) is 0. The summed E-state index contributed by atoms with van der Waals surface area (Å²) in [5, 5.41) is 13.0. The van der Waals surface area contributed by atoms with Crippen molar-refractivity contribution in [2.75, 3.05) is 0 Å². The van der Waals surface area contributed by atoms with E-state index in [0.29, 0.717) is 5.01 Å². The molecular weight excluding hydrogens is 307 g/mol. The number of nitrogens with one attached hydrogen (secondary N) is 1. The maximum absolute atomic E-state index is 13.0. The van der Waals surface area contributed by atoms with Crippen LogP contribution in [0.4, 0.5) is 4.39 Å². The Morgan fingerprint density at radius 2 is 2.20 bits per heavy atom. The van der Waals surface area contributed by atoms with Crippen molar-refractivity contribution in [2.45, 2.75) is 6.54 Å². The third kappa shape index (κ3) is 3.31. The zero-order valence-electron chi connectivity index (χ0n) is 9.89. The highest BCUT2D eigenvalue weighted by molar-refractivity contribution is 7.09. The van der Waals surface area contributed by atoms with Gasteiger partial charge in [-0.2, -0.15) is 0 Å².